The summed E-state index contributed by atoms with van der Waals surface area (Å²) in [6, 6.07) is 0. The van der Waals surface area contributed by atoms with Gasteiger partial charge in [-0.2, -0.15) is 10.5 Å². The molecule has 9 heteroatoms. The Morgan fingerprint density at radius 1 is 0.853 bits per heavy atom. The van der Waals surface area contributed by atoms with Crippen molar-refractivity contribution >= 4 is 33.3 Å². The van der Waals surface area contributed by atoms with Crippen LogP contribution in [0.25, 0.3) is 0 Å². The molecule has 1 aliphatic rings. The van der Waals surface area contributed by atoms with Crippen LogP contribution >= 0.6 is 10.5 Å². The first kappa shape index (κ1) is 30.2. The number of carboxylic acids is 2. The molecule has 1 fully saturated rings. The van der Waals surface area contributed by atoms with E-state index < -0.39 is 11.9 Å². The zero-order valence-corrected chi connectivity index (χ0v) is 21.7. The Labute approximate surface area is 206 Å². The van der Waals surface area contributed by atoms with E-state index in [1.165, 1.54) is 6.92 Å². The quantitative estimate of drug-likeness (QED) is 0.141. The Morgan fingerprint density at radius 2 is 1.50 bits per heavy atom. The van der Waals surface area contributed by atoms with E-state index in [9.17, 15) is 24.6 Å². The smallest absolute Gasteiger partial charge is 0.317 e. The minimum atomic E-state index is -0.887. The van der Waals surface area contributed by atoms with Crippen LogP contribution in [0.4, 0.5) is 0 Å². The molecule has 1 rings (SSSR count). The minimum Gasteiger partial charge on any atom is -0.481 e. The lowest BCUT2D eigenvalue weighted by Crippen LogP contribution is -2.40. The van der Waals surface area contributed by atoms with Gasteiger partial charge in [-0.1, -0.05) is 36.6 Å². The second-order valence-electron chi connectivity index (χ2n) is 8.92. The molecular weight excluding hydrogens is 456 g/mol. The summed E-state index contributed by atoms with van der Waals surface area (Å²) < 4.78 is 0. The molecule has 0 saturated carbocycles. The molecule has 0 aliphatic carbocycles. The largest absolute Gasteiger partial charge is 0.481 e. The van der Waals surface area contributed by atoms with E-state index in [4.69, 9.17) is 5.11 Å². The first-order chi connectivity index (χ1) is 16.1. The molecule has 0 unspecified atom stereocenters. The molecule has 0 aromatic heterocycles. The van der Waals surface area contributed by atoms with Crippen molar-refractivity contribution in [1.82, 2.24) is 9.80 Å². The molecule has 1 saturated heterocycles. The summed E-state index contributed by atoms with van der Waals surface area (Å²) in [5.41, 5.74) is 2.18. The summed E-state index contributed by atoms with van der Waals surface area (Å²) in [6.07, 6.45) is 7.57. The highest BCUT2D eigenvalue weighted by Crippen LogP contribution is 2.31. The van der Waals surface area contributed by atoms with Crippen molar-refractivity contribution in [1.29, 1.82) is 0 Å². The number of Topliss-reactive ketones (excluding diaryl/α,β-unsaturated/α-hetero) is 1. The molecule has 34 heavy (non-hydrogen) atoms. The van der Waals surface area contributed by atoms with Crippen molar-refractivity contribution in [2.45, 2.75) is 59.3 Å². The van der Waals surface area contributed by atoms with Gasteiger partial charge in [0, 0.05) is 32.6 Å². The number of ketones is 1. The standard InChI is InChI=1S/C25H42N2O6S/c1-4-6-22(8-9-23(29)30)10-12-27(18-21(3)28)14-13-26(19-24(31)32)11-5-7-20(2)17-25(33)34-15-16-34/h7-8,33H,4-6,9-19H2,1-3H3,(H,29,30)(H,31,32)/b20-7-,22-8-. The number of nitrogens with zero attached hydrogens (tertiary/aromatic N) is 2. The zero-order valence-electron chi connectivity index (χ0n) is 20.9. The Balaban J connectivity index is 2.65. The lowest BCUT2D eigenvalue weighted by molar-refractivity contribution is -0.138. The lowest BCUT2D eigenvalue weighted by atomic mass is 10.1. The number of aliphatic hydroxyl groups is 1. The third-order valence-corrected chi connectivity index (χ3v) is 7.16. The Kier molecular flexibility index (Phi) is 14.9. The number of carboxylic acid groups (broad SMARTS) is 2. The van der Waals surface area contributed by atoms with Crippen LogP contribution in [0.15, 0.2) is 23.3 Å². The fourth-order valence-electron chi connectivity index (χ4n) is 3.70. The predicted molar refractivity (Wildman–Crippen MR) is 139 cm³/mol. The van der Waals surface area contributed by atoms with E-state index in [-0.39, 0.29) is 35.8 Å². The highest BCUT2D eigenvalue weighted by atomic mass is 32.2. The third-order valence-electron chi connectivity index (χ3n) is 5.53. The van der Waals surface area contributed by atoms with Gasteiger partial charge in [0.15, 0.2) is 0 Å². The second kappa shape index (κ2) is 16.8. The van der Waals surface area contributed by atoms with Crippen molar-refractivity contribution < 1.29 is 29.7 Å². The molecule has 1 heterocycles. The first-order valence-electron chi connectivity index (χ1n) is 12.0. The maximum Gasteiger partial charge on any atom is 0.317 e. The first-order valence-corrected chi connectivity index (χ1v) is 13.6. The average molecular weight is 499 g/mol. The number of aliphatic hydroxyl groups excluding tert-OH is 1. The summed E-state index contributed by atoms with van der Waals surface area (Å²) in [7, 11) is 0.0997. The Hall–Kier alpha value is -1.81. The second-order valence-corrected chi connectivity index (χ2v) is 11.2. The van der Waals surface area contributed by atoms with Crippen LogP contribution in [0.3, 0.4) is 0 Å². The van der Waals surface area contributed by atoms with Gasteiger partial charge in [-0.3, -0.25) is 24.2 Å². The number of rotatable bonds is 19. The highest BCUT2D eigenvalue weighted by molar-refractivity contribution is 8.21. The Bertz CT molecular complexity index is 784. The van der Waals surface area contributed by atoms with Gasteiger partial charge in [0.1, 0.15) is 5.78 Å². The summed E-state index contributed by atoms with van der Waals surface area (Å²) in [6.45, 7) is 8.10. The normalized spacial score (nSPS) is 14.6. The molecule has 0 aromatic carbocycles. The van der Waals surface area contributed by atoms with Crippen LogP contribution in [0.5, 0.6) is 0 Å². The molecule has 0 amide bonds. The van der Waals surface area contributed by atoms with E-state index in [2.05, 4.69) is 6.08 Å². The molecule has 0 atom stereocenters. The van der Waals surface area contributed by atoms with Crippen molar-refractivity contribution in [3.05, 3.63) is 23.3 Å². The van der Waals surface area contributed by atoms with Crippen molar-refractivity contribution in [2.24, 2.45) is 0 Å². The van der Waals surface area contributed by atoms with Gasteiger partial charge in [0.25, 0.3) is 0 Å². The third kappa shape index (κ3) is 15.2. The number of carbonyl (C=O) groups excluding carboxylic acids is 1. The molecule has 0 radical (unpaired) electrons. The number of aliphatic carboxylic acids is 2. The maximum atomic E-state index is 11.8. The van der Waals surface area contributed by atoms with Crippen LogP contribution in [0.1, 0.15) is 59.3 Å². The fraction of sp³-hybridized carbons (Fsp3) is 0.680. The van der Waals surface area contributed by atoms with Crippen molar-refractivity contribution in [2.75, 3.05) is 50.8 Å². The molecule has 194 valence electrons. The van der Waals surface area contributed by atoms with Crippen LogP contribution in [-0.4, -0.2) is 98.7 Å². The summed E-state index contributed by atoms with van der Waals surface area (Å²) in [5.74, 6) is 0.488. The number of hydrogen-bond acceptors (Lipinski definition) is 5. The summed E-state index contributed by atoms with van der Waals surface area (Å²) in [5, 5.41) is 28.9. The molecule has 3 N–H and O–H groups in total. The summed E-state index contributed by atoms with van der Waals surface area (Å²) in [4.78, 5) is 37.9. The Morgan fingerprint density at radius 3 is 2.03 bits per heavy atom. The van der Waals surface area contributed by atoms with Crippen LogP contribution in [-0.2, 0) is 14.4 Å². The van der Waals surface area contributed by atoms with Gasteiger partial charge < -0.3 is 15.3 Å². The highest BCUT2D eigenvalue weighted by Gasteiger charge is 2.16. The van der Waals surface area contributed by atoms with E-state index in [0.717, 1.165) is 35.5 Å². The molecule has 0 spiro atoms. The SMILES string of the molecule is CCC/C(=C/CC(=O)O)CCN(CCN(CC/C=C(/C)CC(O)=S1CC1)CC(=O)O)CC(C)=O. The fourth-order valence-corrected chi connectivity index (χ4v) is 4.93. The van der Waals surface area contributed by atoms with Crippen LogP contribution in [0.2, 0.25) is 0 Å². The van der Waals surface area contributed by atoms with Gasteiger partial charge in [-0.15, -0.1) is 0 Å². The van der Waals surface area contributed by atoms with E-state index in [1.54, 1.807) is 6.08 Å². The van der Waals surface area contributed by atoms with Gasteiger partial charge >= 0.3 is 11.9 Å². The molecule has 1 aliphatic heterocycles. The zero-order chi connectivity index (χ0) is 25.5. The summed E-state index contributed by atoms with van der Waals surface area (Å²) >= 11 is 0. The van der Waals surface area contributed by atoms with Crippen molar-refractivity contribution in [3.8, 4) is 0 Å². The average Bonchev–Trinajstić information content (AvgIpc) is 3.58. The van der Waals surface area contributed by atoms with Gasteiger partial charge in [-0.05, 0) is 44.6 Å². The van der Waals surface area contributed by atoms with Gasteiger partial charge in [-0.25, -0.2) is 0 Å². The minimum absolute atomic E-state index is 0.00199. The molecule has 0 aromatic rings. The van der Waals surface area contributed by atoms with Gasteiger partial charge in [0.2, 0.25) is 0 Å². The lowest BCUT2D eigenvalue weighted by Gasteiger charge is -2.26. The number of hydrogen-bond donors (Lipinski definition) is 3. The van der Waals surface area contributed by atoms with Crippen LogP contribution in [0, 0.1) is 0 Å². The predicted octanol–water partition coefficient (Wildman–Crippen LogP) is 3.55. The molecule has 0 bridgehead atoms. The van der Waals surface area contributed by atoms with E-state index in [1.807, 2.05) is 23.6 Å². The van der Waals surface area contributed by atoms with Crippen molar-refractivity contribution in [3.63, 3.8) is 0 Å². The molecular formula is C25H42N2O6S. The van der Waals surface area contributed by atoms with E-state index >= 15 is 0 Å². The number of carbonyl (C=O) groups is 3. The monoisotopic (exact) mass is 498 g/mol. The molecule has 8 nitrogen and oxygen atoms in total. The maximum absolute atomic E-state index is 11.8. The van der Waals surface area contributed by atoms with Gasteiger partial charge in [0.05, 0.1) is 24.6 Å². The topological polar surface area (TPSA) is 118 Å². The van der Waals surface area contributed by atoms with Crippen LogP contribution < -0.4 is 0 Å². The van der Waals surface area contributed by atoms with E-state index in [0.29, 0.717) is 50.5 Å².